The minimum atomic E-state index is -0.248. The number of aryl methyl sites for hydroxylation is 2. The highest BCUT2D eigenvalue weighted by molar-refractivity contribution is 6.01. The summed E-state index contributed by atoms with van der Waals surface area (Å²) in [6.45, 7) is 10.8. The third kappa shape index (κ3) is 6.48. The standard InChI is InChI=1S/C35H46N6O3/c1-24(2)44-35(43)38-20-17-33-32(23-38)36-26(4)41(33)31-21-29-15-16-30(22-31)39(29)18-8-19-40(28-9-6-5-7-10-28)34(42)37-27-13-11-25(3)12-14-27/h5-7,9-14,24,29-31H,8,15-23H2,1-4H3,(H,37,42)/t29-,30+,31?. The summed E-state index contributed by atoms with van der Waals surface area (Å²) in [5.74, 6) is 1.06. The van der Waals surface area contributed by atoms with Crippen LogP contribution in [0.25, 0.3) is 0 Å². The molecule has 9 nitrogen and oxygen atoms in total. The summed E-state index contributed by atoms with van der Waals surface area (Å²) in [7, 11) is 0. The smallest absolute Gasteiger partial charge is 0.410 e. The van der Waals surface area contributed by atoms with Gasteiger partial charge < -0.3 is 19.5 Å². The molecule has 4 heterocycles. The second kappa shape index (κ2) is 13.0. The van der Waals surface area contributed by atoms with Crippen molar-refractivity contribution in [1.82, 2.24) is 19.4 Å². The molecule has 2 bridgehead atoms. The van der Waals surface area contributed by atoms with E-state index in [0.29, 0.717) is 37.8 Å². The van der Waals surface area contributed by atoms with E-state index >= 15 is 0 Å². The first-order valence-electron chi connectivity index (χ1n) is 16.2. The lowest BCUT2D eigenvalue weighted by Gasteiger charge is -2.41. The number of carbonyl (C=O) groups excluding carboxylic acids is 2. The van der Waals surface area contributed by atoms with Crippen molar-refractivity contribution in [2.45, 2.75) is 97.0 Å². The van der Waals surface area contributed by atoms with E-state index in [1.807, 2.05) is 80.3 Å². The van der Waals surface area contributed by atoms with Gasteiger partial charge in [-0.25, -0.2) is 14.6 Å². The molecule has 234 valence electrons. The van der Waals surface area contributed by atoms with Crippen LogP contribution in [-0.4, -0.2) is 69.3 Å². The molecule has 44 heavy (non-hydrogen) atoms. The molecule has 2 saturated heterocycles. The number of imidazole rings is 1. The van der Waals surface area contributed by atoms with Crippen molar-refractivity contribution >= 4 is 23.5 Å². The molecule has 0 saturated carbocycles. The number of amides is 3. The van der Waals surface area contributed by atoms with Gasteiger partial charge in [0.15, 0.2) is 0 Å². The number of hydrogen-bond donors (Lipinski definition) is 1. The summed E-state index contributed by atoms with van der Waals surface area (Å²) in [5.41, 5.74) is 5.21. The summed E-state index contributed by atoms with van der Waals surface area (Å²) in [6.07, 6.45) is 6.05. The number of benzene rings is 2. The van der Waals surface area contributed by atoms with E-state index in [2.05, 4.69) is 21.7 Å². The predicted octanol–water partition coefficient (Wildman–Crippen LogP) is 6.70. The molecule has 3 aromatic rings. The number of piperidine rings is 1. The average molecular weight is 599 g/mol. The number of para-hydroxylation sites is 1. The van der Waals surface area contributed by atoms with Crippen molar-refractivity contribution in [3.63, 3.8) is 0 Å². The molecule has 3 amide bonds. The maximum absolute atomic E-state index is 13.4. The van der Waals surface area contributed by atoms with Crippen LogP contribution >= 0.6 is 0 Å². The van der Waals surface area contributed by atoms with Gasteiger partial charge in [-0.1, -0.05) is 35.9 Å². The number of rotatable bonds is 8. The third-order valence-corrected chi connectivity index (χ3v) is 9.46. The lowest BCUT2D eigenvalue weighted by atomic mass is 9.95. The fourth-order valence-electron chi connectivity index (χ4n) is 7.47. The van der Waals surface area contributed by atoms with Gasteiger partial charge >= 0.3 is 12.1 Å². The highest BCUT2D eigenvalue weighted by Gasteiger charge is 2.42. The Morgan fingerprint density at radius 1 is 1.00 bits per heavy atom. The number of nitrogens with one attached hydrogen (secondary N) is 1. The first-order chi connectivity index (χ1) is 21.3. The van der Waals surface area contributed by atoms with E-state index in [-0.39, 0.29) is 18.2 Å². The monoisotopic (exact) mass is 598 g/mol. The predicted molar refractivity (Wildman–Crippen MR) is 173 cm³/mol. The van der Waals surface area contributed by atoms with E-state index in [4.69, 9.17) is 9.72 Å². The molecule has 6 rings (SSSR count). The topological polar surface area (TPSA) is 82.9 Å². The molecule has 2 fully saturated rings. The number of anilines is 2. The van der Waals surface area contributed by atoms with Crippen LogP contribution in [0.2, 0.25) is 0 Å². The summed E-state index contributed by atoms with van der Waals surface area (Å²) in [5, 5.41) is 3.09. The van der Waals surface area contributed by atoms with Gasteiger partial charge in [0.1, 0.15) is 5.82 Å². The van der Waals surface area contributed by atoms with Crippen molar-refractivity contribution in [1.29, 1.82) is 0 Å². The average Bonchev–Trinajstić information content (AvgIpc) is 3.45. The second-order valence-corrected chi connectivity index (χ2v) is 12.9. The largest absolute Gasteiger partial charge is 0.447 e. The van der Waals surface area contributed by atoms with Crippen LogP contribution in [-0.2, 0) is 17.7 Å². The number of fused-ring (bicyclic) bond motifs is 3. The molecule has 3 aliphatic heterocycles. The van der Waals surface area contributed by atoms with E-state index in [0.717, 1.165) is 55.1 Å². The molecule has 1 unspecified atom stereocenters. The van der Waals surface area contributed by atoms with Crippen molar-refractivity contribution in [3.05, 3.63) is 77.4 Å². The van der Waals surface area contributed by atoms with E-state index in [1.54, 1.807) is 4.90 Å². The summed E-state index contributed by atoms with van der Waals surface area (Å²) >= 11 is 0. The Morgan fingerprint density at radius 3 is 2.39 bits per heavy atom. The molecule has 1 N–H and O–H groups in total. The van der Waals surface area contributed by atoms with E-state index in [1.165, 1.54) is 24.1 Å². The number of ether oxygens (including phenoxy) is 1. The Balaban J connectivity index is 1.08. The minimum absolute atomic E-state index is 0.0990. The van der Waals surface area contributed by atoms with Gasteiger partial charge in [0, 0.05) is 61.2 Å². The van der Waals surface area contributed by atoms with Crippen LogP contribution in [0.1, 0.15) is 74.8 Å². The summed E-state index contributed by atoms with van der Waals surface area (Å²) in [6, 6.07) is 19.3. The van der Waals surface area contributed by atoms with Crippen molar-refractivity contribution in [2.24, 2.45) is 0 Å². The highest BCUT2D eigenvalue weighted by atomic mass is 16.6. The molecule has 3 atom stereocenters. The quantitative estimate of drug-likeness (QED) is 0.312. The fraction of sp³-hybridized carbons (Fsp3) is 0.514. The van der Waals surface area contributed by atoms with Gasteiger partial charge in [-0.15, -0.1) is 0 Å². The molecule has 3 aliphatic rings. The van der Waals surface area contributed by atoms with Crippen molar-refractivity contribution < 1.29 is 14.3 Å². The minimum Gasteiger partial charge on any atom is -0.447 e. The molecule has 0 radical (unpaired) electrons. The van der Waals surface area contributed by atoms with Crippen molar-refractivity contribution in [3.8, 4) is 0 Å². The molecule has 2 aromatic carbocycles. The van der Waals surface area contributed by atoms with Crippen LogP contribution in [0.5, 0.6) is 0 Å². The number of urea groups is 1. The van der Waals surface area contributed by atoms with Crippen LogP contribution < -0.4 is 10.2 Å². The summed E-state index contributed by atoms with van der Waals surface area (Å²) in [4.78, 5) is 37.2. The number of nitrogens with zero attached hydrogens (tertiary/aromatic N) is 5. The first-order valence-corrected chi connectivity index (χ1v) is 16.2. The van der Waals surface area contributed by atoms with E-state index in [9.17, 15) is 9.59 Å². The van der Waals surface area contributed by atoms with E-state index < -0.39 is 0 Å². The number of hydrogen-bond acceptors (Lipinski definition) is 5. The third-order valence-electron chi connectivity index (χ3n) is 9.46. The molecule has 0 aliphatic carbocycles. The molecule has 9 heteroatoms. The normalized spacial score (nSPS) is 21.3. The van der Waals surface area contributed by atoms with Crippen LogP contribution in [0.15, 0.2) is 54.6 Å². The Labute approximate surface area is 261 Å². The Kier molecular flexibility index (Phi) is 8.93. The summed E-state index contributed by atoms with van der Waals surface area (Å²) < 4.78 is 7.94. The maximum atomic E-state index is 13.4. The molecule has 0 spiro atoms. The highest BCUT2D eigenvalue weighted by Crippen LogP contribution is 2.42. The molecule has 1 aromatic heterocycles. The zero-order valence-corrected chi connectivity index (χ0v) is 26.5. The van der Waals surface area contributed by atoms with Crippen LogP contribution in [0, 0.1) is 13.8 Å². The Bertz CT molecular complexity index is 1440. The van der Waals surface area contributed by atoms with Gasteiger partial charge in [-0.3, -0.25) is 9.80 Å². The van der Waals surface area contributed by atoms with Gasteiger partial charge in [0.05, 0.1) is 18.3 Å². The zero-order valence-electron chi connectivity index (χ0n) is 26.5. The lowest BCUT2D eigenvalue weighted by Crippen LogP contribution is -2.45. The van der Waals surface area contributed by atoms with Gasteiger partial charge in [0.25, 0.3) is 0 Å². The SMILES string of the molecule is Cc1ccc(NC(=O)N(CCCN2[C@@H]3CC[C@H]2CC(n2c(C)nc4c2CCN(C(=O)OC(C)C)C4)C3)c2ccccc2)cc1. The maximum Gasteiger partial charge on any atom is 0.410 e. The number of carbonyl (C=O) groups is 2. The molecular weight excluding hydrogens is 552 g/mol. The fourth-order valence-corrected chi connectivity index (χ4v) is 7.47. The van der Waals surface area contributed by atoms with Gasteiger partial charge in [-0.05, 0) is 84.1 Å². The molecular formula is C35H46N6O3. The number of aromatic nitrogens is 2. The van der Waals surface area contributed by atoms with Crippen LogP contribution in [0.4, 0.5) is 21.0 Å². The van der Waals surface area contributed by atoms with Gasteiger partial charge in [0.2, 0.25) is 0 Å². The Morgan fingerprint density at radius 2 is 1.70 bits per heavy atom. The zero-order chi connectivity index (χ0) is 30.8. The van der Waals surface area contributed by atoms with Crippen molar-refractivity contribution in [2.75, 3.05) is 29.9 Å². The Hall–Kier alpha value is -3.85. The first kappa shape index (κ1) is 30.2. The van der Waals surface area contributed by atoms with Gasteiger partial charge in [-0.2, -0.15) is 0 Å². The lowest BCUT2D eigenvalue weighted by molar-refractivity contribution is 0.0718. The second-order valence-electron chi connectivity index (χ2n) is 12.9. The van der Waals surface area contributed by atoms with Crippen LogP contribution in [0.3, 0.4) is 0 Å².